The molecule has 0 amide bonds. The molecule has 0 aromatic heterocycles. The Labute approximate surface area is 89.6 Å². The van der Waals surface area contributed by atoms with E-state index < -0.39 is 11.9 Å². The van der Waals surface area contributed by atoms with Crippen molar-refractivity contribution in [1.29, 1.82) is 0 Å². The van der Waals surface area contributed by atoms with Crippen LogP contribution in [0.2, 0.25) is 0 Å². The van der Waals surface area contributed by atoms with Gasteiger partial charge in [-0.1, -0.05) is 18.1 Å². The van der Waals surface area contributed by atoms with E-state index in [2.05, 4.69) is 0 Å². The summed E-state index contributed by atoms with van der Waals surface area (Å²) in [7, 11) is 0. The topological polar surface area (TPSA) is 74.6 Å². The van der Waals surface area contributed by atoms with E-state index in [1.807, 2.05) is 6.08 Å². The van der Waals surface area contributed by atoms with Gasteiger partial charge in [0, 0.05) is 6.42 Å². The number of aliphatic carboxylic acids is 2. The first-order chi connectivity index (χ1) is 7.02. The van der Waals surface area contributed by atoms with Gasteiger partial charge in [-0.15, -0.1) is 0 Å². The first kappa shape index (κ1) is 13.7. The van der Waals surface area contributed by atoms with E-state index in [4.69, 9.17) is 10.2 Å². The normalized spacial score (nSPS) is 11.4. The highest BCUT2D eigenvalue weighted by Crippen LogP contribution is 2.07. The lowest BCUT2D eigenvalue weighted by atomic mass is 10.1. The summed E-state index contributed by atoms with van der Waals surface area (Å²) >= 11 is 0. The van der Waals surface area contributed by atoms with Crippen molar-refractivity contribution in [3.63, 3.8) is 0 Å². The number of hydrogen-bond donors (Lipinski definition) is 2. The van der Waals surface area contributed by atoms with Crippen molar-refractivity contribution in [2.24, 2.45) is 0 Å². The molecular weight excluding hydrogens is 196 g/mol. The third kappa shape index (κ3) is 10.6. The van der Waals surface area contributed by atoms with Crippen LogP contribution in [0.25, 0.3) is 0 Å². The number of allylic oxidation sites excluding steroid dienone is 1. The summed E-state index contributed by atoms with van der Waals surface area (Å²) in [5.74, 6) is -1.57. The summed E-state index contributed by atoms with van der Waals surface area (Å²) in [6.45, 7) is 1.80. The molecule has 0 saturated heterocycles. The number of rotatable bonds is 8. The van der Waals surface area contributed by atoms with Crippen molar-refractivity contribution < 1.29 is 19.8 Å². The molecule has 15 heavy (non-hydrogen) atoms. The number of carboxylic acids is 2. The van der Waals surface area contributed by atoms with E-state index in [1.165, 1.54) is 0 Å². The lowest BCUT2D eigenvalue weighted by Crippen LogP contribution is -1.95. The fourth-order valence-electron chi connectivity index (χ4n) is 1.26. The molecule has 0 heterocycles. The molecule has 0 aliphatic rings. The summed E-state index contributed by atoms with van der Waals surface area (Å²) in [4.78, 5) is 20.5. The van der Waals surface area contributed by atoms with Crippen molar-refractivity contribution in [1.82, 2.24) is 0 Å². The second-order valence-corrected chi connectivity index (χ2v) is 3.61. The van der Waals surface area contributed by atoms with Crippen molar-refractivity contribution in [2.45, 2.75) is 45.4 Å². The van der Waals surface area contributed by atoms with E-state index in [0.29, 0.717) is 6.42 Å². The second-order valence-electron chi connectivity index (χ2n) is 3.61. The Bertz CT molecular complexity index is 243. The molecule has 0 aliphatic carbocycles. The van der Waals surface area contributed by atoms with E-state index >= 15 is 0 Å². The van der Waals surface area contributed by atoms with Gasteiger partial charge in [0.25, 0.3) is 0 Å². The summed E-state index contributed by atoms with van der Waals surface area (Å²) in [6, 6.07) is 0. The Balaban J connectivity index is 3.44. The zero-order chi connectivity index (χ0) is 11.7. The fourth-order valence-corrected chi connectivity index (χ4v) is 1.26. The Kier molecular flexibility index (Phi) is 7.32. The number of hydrogen-bond acceptors (Lipinski definition) is 2. The van der Waals surface area contributed by atoms with Crippen molar-refractivity contribution in [3.05, 3.63) is 11.6 Å². The second kappa shape index (κ2) is 8.03. The Morgan fingerprint density at radius 3 is 2.27 bits per heavy atom. The van der Waals surface area contributed by atoms with Crippen LogP contribution in [0.1, 0.15) is 45.4 Å². The molecule has 0 atom stereocenters. The van der Waals surface area contributed by atoms with Gasteiger partial charge in [0.15, 0.2) is 0 Å². The standard InChI is InChI=1S/C11H18O4/c1-9(8-11(14)15)6-4-2-3-5-7-10(12)13/h6H,2-5,7-8H2,1H3,(H,12,13)(H,14,15). The Morgan fingerprint density at radius 2 is 1.73 bits per heavy atom. The molecule has 0 aromatic carbocycles. The first-order valence-corrected chi connectivity index (χ1v) is 5.11. The van der Waals surface area contributed by atoms with Gasteiger partial charge in [-0.05, 0) is 26.2 Å². The average molecular weight is 214 g/mol. The molecule has 4 nitrogen and oxygen atoms in total. The number of unbranched alkanes of at least 4 members (excludes halogenated alkanes) is 3. The van der Waals surface area contributed by atoms with Crippen LogP contribution in [0.5, 0.6) is 0 Å². The maximum atomic E-state index is 10.3. The van der Waals surface area contributed by atoms with Crippen molar-refractivity contribution >= 4 is 11.9 Å². The quantitative estimate of drug-likeness (QED) is 0.480. The fraction of sp³-hybridized carbons (Fsp3) is 0.636. The molecule has 0 fully saturated rings. The minimum atomic E-state index is -0.811. The largest absolute Gasteiger partial charge is 0.481 e. The Hall–Kier alpha value is -1.32. The average Bonchev–Trinajstić information content (AvgIpc) is 2.09. The van der Waals surface area contributed by atoms with Crippen LogP contribution in [0.3, 0.4) is 0 Å². The molecule has 4 heteroatoms. The highest BCUT2D eigenvalue weighted by molar-refractivity contribution is 5.69. The molecule has 0 saturated carbocycles. The maximum Gasteiger partial charge on any atom is 0.307 e. The highest BCUT2D eigenvalue weighted by atomic mass is 16.4. The van der Waals surface area contributed by atoms with Crippen LogP contribution in [0.4, 0.5) is 0 Å². The monoisotopic (exact) mass is 214 g/mol. The third-order valence-electron chi connectivity index (χ3n) is 2.02. The Morgan fingerprint density at radius 1 is 1.07 bits per heavy atom. The first-order valence-electron chi connectivity index (χ1n) is 5.11. The predicted octanol–water partition coefficient (Wildman–Crippen LogP) is 2.44. The summed E-state index contributed by atoms with van der Waals surface area (Å²) in [6.07, 6.45) is 5.55. The van der Waals surface area contributed by atoms with Crippen LogP contribution < -0.4 is 0 Å². The van der Waals surface area contributed by atoms with Crippen molar-refractivity contribution in [3.8, 4) is 0 Å². The van der Waals surface area contributed by atoms with E-state index in [0.717, 1.165) is 24.8 Å². The van der Waals surface area contributed by atoms with Gasteiger partial charge in [0.2, 0.25) is 0 Å². The molecule has 0 aliphatic heterocycles. The van der Waals surface area contributed by atoms with Crippen molar-refractivity contribution in [2.75, 3.05) is 0 Å². The van der Waals surface area contributed by atoms with Gasteiger partial charge in [-0.25, -0.2) is 0 Å². The maximum absolute atomic E-state index is 10.3. The van der Waals surface area contributed by atoms with Crippen LogP contribution >= 0.6 is 0 Å². The number of carbonyl (C=O) groups is 2. The smallest absolute Gasteiger partial charge is 0.307 e. The van der Waals surface area contributed by atoms with Gasteiger partial charge in [0.05, 0.1) is 6.42 Å². The van der Waals surface area contributed by atoms with Gasteiger partial charge in [-0.3, -0.25) is 9.59 Å². The lowest BCUT2D eigenvalue weighted by Gasteiger charge is -1.98. The molecule has 2 N–H and O–H groups in total. The summed E-state index contributed by atoms with van der Waals surface area (Å²) in [5, 5.41) is 16.9. The van der Waals surface area contributed by atoms with Crippen LogP contribution in [-0.2, 0) is 9.59 Å². The summed E-state index contributed by atoms with van der Waals surface area (Å²) < 4.78 is 0. The minimum absolute atomic E-state index is 0.0924. The van der Waals surface area contributed by atoms with Gasteiger partial charge in [-0.2, -0.15) is 0 Å². The molecule has 0 bridgehead atoms. The number of carboxylic acid groups (broad SMARTS) is 2. The van der Waals surface area contributed by atoms with Gasteiger partial charge < -0.3 is 10.2 Å². The predicted molar refractivity (Wildman–Crippen MR) is 56.7 cm³/mol. The van der Waals surface area contributed by atoms with Gasteiger partial charge in [0.1, 0.15) is 0 Å². The molecule has 0 radical (unpaired) electrons. The summed E-state index contributed by atoms with van der Waals surface area (Å²) in [5.41, 5.74) is 0.862. The highest BCUT2D eigenvalue weighted by Gasteiger charge is 1.98. The van der Waals surface area contributed by atoms with Crippen LogP contribution in [-0.4, -0.2) is 22.2 Å². The zero-order valence-corrected chi connectivity index (χ0v) is 9.03. The minimum Gasteiger partial charge on any atom is -0.481 e. The molecule has 86 valence electrons. The van der Waals surface area contributed by atoms with Gasteiger partial charge >= 0.3 is 11.9 Å². The molecule has 0 rings (SSSR count). The van der Waals surface area contributed by atoms with E-state index in [9.17, 15) is 9.59 Å². The molecule has 0 aromatic rings. The molecule has 0 spiro atoms. The molecule has 0 unspecified atom stereocenters. The van der Waals surface area contributed by atoms with E-state index in [-0.39, 0.29) is 12.8 Å². The van der Waals surface area contributed by atoms with E-state index in [1.54, 1.807) is 6.92 Å². The van der Waals surface area contributed by atoms with Crippen LogP contribution in [0, 0.1) is 0 Å². The zero-order valence-electron chi connectivity index (χ0n) is 9.03. The third-order valence-corrected chi connectivity index (χ3v) is 2.02. The SMILES string of the molecule is CC(=CCCCCCC(=O)O)CC(=O)O. The van der Waals surface area contributed by atoms with Crippen LogP contribution in [0.15, 0.2) is 11.6 Å². The molecular formula is C11H18O4. The lowest BCUT2D eigenvalue weighted by molar-refractivity contribution is -0.137.